The van der Waals surface area contributed by atoms with Crippen LogP contribution in [0, 0.1) is 6.92 Å². The molecule has 0 saturated heterocycles. The largest absolute Gasteiger partial charge is 0.309 e. The van der Waals surface area contributed by atoms with Crippen LogP contribution in [-0.4, -0.2) is 30.6 Å². The highest BCUT2D eigenvalue weighted by Gasteiger charge is 2.24. The molecule has 0 aliphatic rings. The lowest BCUT2D eigenvalue weighted by Crippen LogP contribution is -2.45. The summed E-state index contributed by atoms with van der Waals surface area (Å²) in [4.78, 5) is 2.49. The Labute approximate surface area is 125 Å². The SMILES string of the molecule is CCCNC(c1ccc(C)cc1)C(C)N(C)C(C)CC. The summed E-state index contributed by atoms with van der Waals surface area (Å²) < 4.78 is 0. The first-order valence-electron chi connectivity index (χ1n) is 8.03. The fraction of sp³-hybridized carbons (Fsp3) is 0.667. The molecular formula is C18H32N2. The lowest BCUT2D eigenvalue weighted by atomic mass is 9.97. The van der Waals surface area contributed by atoms with Crippen LogP contribution < -0.4 is 5.32 Å². The summed E-state index contributed by atoms with van der Waals surface area (Å²) in [7, 11) is 2.24. The molecule has 2 heteroatoms. The normalized spacial score (nSPS) is 16.1. The van der Waals surface area contributed by atoms with Crippen molar-refractivity contribution in [1.29, 1.82) is 0 Å². The minimum atomic E-state index is 0.398. The minimum absolute atomic E-state index is 0.398. The molecule has 1 N–H and O–H groups in total. The Morgan fingerprint density at radius 2 is 1.70 bits per heavy atom. The fourth-order valence-electron chi connectivity index (χ4n) is 2.57. The van der Waals surface area contributed by atoms with Crippen LogP contribution in [0.2, 0.25) is 0 Å². The third-order valence-electron chi connectivity index (χ3n) is 4.46. The van der Waals surface area contributed by atoms with Gasteiger partial charge >= 0.3 is 0 Å². The van der Waals surface area contributed by atoms with Crippen molar-refractivity contribution in [2.24, 2.45) is 0 Å². The molecule has 1 aromatic rings. The van der Waals surface area contributed by atoms with Gasteiger partial charge in [0.05, 0.1) is 0 Å². The van der Waals surface area contributed by atoms with Gasteiger partial charge in [-0.2, -0.15) is 0 Å². The van der Waals surface area contributed by atoms with Crippen molar-refractivity contribution in [3.63, 3.8) is 0 Å². The van der Waals surface area contributed by atoms with Crippen molar-refractivity contribution in [1.82, 2.24) is 10.2 Å². The maximum absolute atomic E-state index is 3.72. The number of hydrogen-bond acceptors (Lipinski definition) is 2. The summed E-state index contributed by atoms with van der Waals surface area (Å²) in [5.74, 6) is 0. The van der Waals surface area contributed by atoms with E-state index in [2.05, 4.69) is 76.1 Å². The molecule has 0 saturated carbocycles. The molecule has 3 atom stereocenters. The van der Waals surface area contributed by atoms with Gasteiger partial charge in [-0.1, -0.05) is 43.7 Å². The number of nitrogens with zero attached hydrogens (tertiary/aromatic N) is 1. The van der Waals surface area contributed by atoms with E-state index in [0.29, 0.717) is 18.1 Å². The van der Waals surface area contributed by atoms with Gasteiger partial charge in [-0.3, -0.25) is 4.90 Å². The Kier molecular flexibility index (Phi) is 7.25. The quantitative estimate of drug-likeness (QED) is 0.767. The Morgan fingerprint density at radius 1 is 1.10 bits per heavy atom. The molecule has 114 valence electrons. The van der Waals surface area contributed by atoms with Crippen molar-refractivity contribution in [3.05, 3.63) is 35.4 Å². The molecule has 0 heterocycles. The van der Waals surface area contributed by atoms with E-state index < -0.39 is 0 Å². The van der Waals surface area contributed by atoms with Crippen LogP contribution in [0.1, 0.15) is 57.7 Å². The van der Waals surface area contributed by atoms with E-state index in [9.17, 15) is 0 Å². The van der Waals surface area contributed by atoms with Crippen LogP contribution in [0.4, 0.5) is 0 Å². The molecule has 0 fully saturated rings. The highest BCUT2D eigenvalue weighted by atomic mass is 15.2. The Bertz CT molecular complexity index is 372. The third kappa shape index (κ3) is 4.60. The maximum Gasteiger partial charge on any atom is 0.0475 e. The highest BCUT2D eigenvalue weighted by molar-refractivity contribution is 5.25. The number of rotatable bonds is 8. The van der Waals surface area contributed by atoms with Gasteiger partial charge in [0, 0.05) is 18.1 Å². The topological polar surface area (TPSA) is 15.3 Å². The van der Waals surface area contributed by atoms with Crippen LogP contribution in [0.25, 0.3) is 0 Å². The van der Waals surface area contributed by atoms with Crippen molar-refractivity contribution < 1.29 is 0 Å². The molecule has 1 aromatic carbocycles. The predicted octanol–water partition coefficient (Wildman–Crippen LogP) is 4.15. The van der Waals surface area contributed by atoms with E-state index in [1.807, 2.05) is 0 Å². The number of likely N-dealkylation sites (N-methyl/N-ethyl adjacent to an activating group) is 1. The first-order valence-corrected chi connectivity index (χ1v) is 8.03. The minimum Gasteiger partial charge on any atom is -0.309 e. The molecular weight excluding hydrogens is 244 g/mol. The Morgan fingerprint density at radius 3 is 2.20 bits per heavy atom. The Balaban J connectivity index is 2.90. The van der Waals surface area contributed by atoms with Gasteiger partial charge in [0.2, 0.25) is 0 Å². The van der Waals surface area contributed by atoms with Crippen LogP contribution in [0.15, 0.2) is 24.3 Å². The molecule has 3 unspecified atom stereocenters. The van der Waals surface area contributed by atoms with Gasteiger partial charge in [0.1, 0.15) is 0 Å². The van der Waals surface area contributed by atoms with Gasteiger partial charge in [0.25, 0.3) is 0 Å². The standard InChI is InChI=1S/C18H32N2/c1-7-13-19-18(16(5)20(6)15(4)8-2)17-11-9-14(3)10-12-17/h9-12,15-16,18-19H,7-8,13H2,1-6H3. The molecule has 0 spiro atoms. The van der Waals surface area contributed by atoms with Gasteiger partial charge in [0.15, 0.2) is 0 Å². The molecule has 0 bridgehead atoms. The van der Waals surface area contributed by atoms with Crippen molar-refractivity contribution in [2.45, 2.75) is 65.6 Å². The molecule has 0 amide bonds. The Hall–Kier alpha value is -0.860. The average molecular weight is 276 g/mol. The van der Waals surface area contributed by atoms with E-state index in [0.717, 1.165) is 6.54 Å². The average Bonchev–Trinajstić information content (AvgIpc) is 2.47. The van der Waals surface area contributed by atoms with Crippen LogP contribution in [-0.2, 0) is 0 Å². The summed E-state index contributed by atoms with van der Waals surface area (Å²) in [5.41, 5.74) is 2.72. The summed E-state index contributed by atoms with van der Waals surface area (Å²) >= 11 is 0. The van der Waals surface area contributed by atoms with Crippen molar-refractivity contribution in [2.75, 3.05) is 13.6 Å². The fourth-order valence-corrected chi connectivity index (χ4v) is 2.57. The molecule has 0 aromatic heterocycles. The van der Waals surface area contributed by atoms with Crippen LogP contribution in [0.3, 0.4) is 0 Å². The van der Waals surface area contributed by atoms with E-state index in [1.165, 1.54) is 24.0 Å². The number of aryl methyl sites for hydroxylation is 1. The maximum atomic E-state index is 3.72. The summed E-state index contributed by atoms with van der Waals surface area (Å²) in [6.45, 7) is 12.3. The first-order chi connectivity index (χ1) is 9.51. The van der Waals surface area contributed by atoms with E-state index >= 15 is 0 Å². The van der Waals surface area contributed by atoms with E-state index in [1.54, 1.807) is 0 Å². The van der Waals surface area contributed by atoms with Crippen LogP contribution >= 0.6 is 0 Å². The van der Waals surface area contributed by atoms with Crippen molar-refractivity contribution in [3.8, 4) is 0 Å². The van der Waals surface area contributed by atoms with E-state index in [4.69, 9.17) is 0 Å². The third-order valence-corrected chi connectivity index (χ3v) is 4.46. The second-order valence-corrected chi connectivity index (χ2v) is 6.01. The van der Waals surface area contributed by atoms with Gasteiger partial charge < -0.3 is 5.32 Å². The van der Waals surface area contributed by atoms with Crippen molar-refractivity contribution >= 4 is 0 Å². The highest BCUT2D eigenvalue weighted by Crippen LogP contribution is 2.23. The second kappa shape index (κ2) is 8.43. The zero-order valence-electron chi connectivity index (χ0n) is 14.1. The molecule has 20 heavy (non-hydrogen) atoms. The molecule has 2 nitrogen and oxygen atoms in total. The molecule has 0 radical (unpaired) electrons. The number of benzene rings is 1. The zero-order chi connectivity index (χ0) is 15.1. The summed E-state index contributed by atoms with van der Waals surface area (Å²) in [6, 6.07) is 10.5. The van der Waals surface area contributed by atoms with Gasteiger partial charge in [-0.25, -0.2) is 0 Å². The smallest absolute Gasteiger partial charge is 0.0475 e. The second-order valence-electron chi connectivity index (χ2n) is 6.01. The lowest BCUT2D eigenvalue weighted by Gasteiger charge is -2.36. The van der Waals surface area contributed by atoms with Crippen LogP contribution in [0.5, 0.6) is 0 Å². The number of nitrogens with one attached hydrogen (secondary N) is 1. The summed E-state index contributed by atoms with van der Waals surface area (Å²) in [5, 5.41) is 3.72. The molecule has 0 aliphatic carbocycles. The zero-order valence-corrected chi connectivity index (χ0v) is 14.1. The van der Waals surface area contributed by atoms with Gasteiger partial charge in [-0.05, 0) is 52.8 Å². The van der Waals surface area contributed by atoms with E-state index in [-0.39, 0.29) is 0 Å². The van der Waals surface area contributed by atoms with Gasteiger partial charge in [-0.15, -0.1) is 0 Å². The predicted molar refractivity (Wildman–Crippen MR) is 89.2 cm³/mol. The molecule has 1 rings (SSSR count). The molecule has 0 aliphatic heterocycles. The monoisotopic (exact) mass is 276 g/mol. The number of hydrogen-bond donors (Lipinski definition) is 1. The lowest BCUT2D eigenvalue weighted by molar-refractivity contribution is 0.155. The first kappa shape index (κ1) is 17.2. The summed E-state index contributed by atoms with van der Waals surface area (Å²) in [6.07, 6.45) is 2.36.